The van der Waals surface area contributed by atoms with Crippen LogP contribution in [0.25, 0.3) is 0 Å². The van der Waals surface area contributed by atoms with Crippen molar-refractivity contribution in [1.29, 1.82) is 0 Å². The van der Waals surface area contributed by atoms with Gasteiger partial charge in [0.2, 0.25) is 0 Å². The minimum atomic E-state index is -0.310. The molecule has 3 rings (SSSR count). The first-order valence-corrected chi connectivity index (χ1v) is 9.01. The average molecular weight is 406 g/mol. The van der Waals surface area contributed by atoms with Crippen molar-refractivity contribution in [2.45, 2.75) is 0 Å². The number of nitrogens with two attached hydrogens (primary N) is 2. The van der Waals surface area contributed by atoms with Gasteiger partial charge in [0.15, 0.2) is 0 Å². The van der Waals surface area contributed by atoms with E-state index in [1.54, 1.807) is 60.7 Å². The Balaban J connectivity index is 1.64. The predicted molar refractivity (Wildman–Crippen MR) is 117 cm³/mol. The third-order valence-electron chi connectivity index (χ3n) is 4.38. The number of amides is 2. The molecule has 0 fully saturated rings. The number of ether oxygens (including phenoxy) is 2. The fraction of sp³-hybridized carbons (Fsp3) is 0.0909. The monoisotopic (exact) mass is 406 g/mol. The SMILES string of the molecule is COc1ccc(C(=O)Nc2ccc(NC(=O)c3ccc(OC)c(N)c3)cc2)cc1N. The number of nitrogens with one attached hydrogen (secondary N) is 2. The number of carbonyl (C=O) groups is 2. The lowest BCUT2D eigenvalue weighted by Crippen LogP contribution is -2.14. The van der Waals surface area contributed by atoms with Crippen molar-refractivity contribution >= 4 is 34.6 Å². The molecule has 0 spiro atoms. The summed E-state index contributed by atoms with van der Waals surface area (Å²) in [6, 6.07) is 16.3. The van der Waals surface area contributed by atoms with Crippen molar-refractivity contribution in [3.63, 3.8) is 0 Å². The molecule has 30 heavy (non-hydrogen) atoms. The van der Waals surface area contributed by atoms with Crippen molar-refractivity contribution in [1.82, 2.24) is 0 Å². The minimum absolute atomic E-state index is 0.310. The van der Waals surface area contributed by atoms with Crippen LogP contribution in [0, 0.1) is 0 Å². The Morgan fingerprint density at radius 2 is 1.03 bits per heavy atom. The molecule has 3 aromatic rings. The molecular formula is C22H22N4O4. The highest BCUT2D eigenvalue weighted by molar-refractivity contribution is 6.06. The maximum absolute atomic E-state index is 12.4. The van der Waals surface area contributed by atoms with Crippen LogP contribution < -0.4 is 31.6 Å². The second kappa shape index (κ2) is 8.87. The number of hydrogen-bond acceptors (Lipinski definition) is 6. The molecule has 0 aliphatic rings. The van der Waals surface area contributed by atoms with Crippen LogP contribution in [0.4, 0.5) is 22.7 Å². The molecule has 8 nitrogen and oxygen atoms in total. The Kier molecular flexibility index (Phi) is 6.07. The number of carbonyl (C=O) groups excluding carboxylic acids is 2. The van der Waals surface area contributed by atoms with Crippen LogP contribution >= 0.6 is 0 Å². The third-order valence-corrected chi connectivity index (χ3v) is 4.38. The molecule has 0 saturated heterocycles. The predicted octanol–water partition coefficient (Wildman–Crippen LogP) is 3.37. The molecule has 0 heterocycles. The average Bonchev–Trinajstić information content (AvgIpc) is 2.74. The summed E-state index contributed by atoms with van der Waals surface area (Å²) in [6.45, 7) is 0. The van der Waals surface area contributed by atoms with Gasteiger partial charge in [-0.05, 0) is 60.7 Å². The van der Waals surface area contributed by atoms with Gasteiger partial charge in [-0.25, -0.2) is 0 Å². The quantitative estimate of drug-likeness (QED) is 0.465. The normalized spacial score (nSPS) is 10.2. The first-order valence-electron chi connectivity index (χ1n) is 9.01. The molecule has 3 aromatic carbocycles. The van der Waals surface area contributed by atoms with Crippen LogP contribution in [0.2, 0.25) is 0 Å². The number of methoxy groups -OCH3 is 2. The molecule has 154 valence electrons. The summed E-state index contributed by atoms with van der Waals surface area (Å²) >= 11 is 0. The highest BCUT2D eigenvalue weighted by atomic mass is 16.5. The Bertz CT molecular complexity index is 994. The van der Waals surface area contributed by atoms with Crippen LogP contribution in [0.5, 0.6) is 11.5 Å². The van der Waals surface area contributed by atoms with Gasteiger partial charge in [0.05, 0.1) is 25.6 Å². The summed E-state index contributed by atoms with van der Waals surface area (Å²) in [5.41, 5.74) is 14.4. The van der Waals surface area contributed by atoms with E-state index >= 15 is 0 Å². The van der Waals surface area contributed by atoms with E-state index in [1.807, 2.05) is 0 Å². The summed E-state index contributed by atoms with van der Waals surface area (Å²) < 4.78 is 10.2. The van der Waals surface area contributed by atoms with Crippen molar-refractivity contribution in [2.75, 3.05) is 36.3 Å². The van der Waals surface area contributed by atoms with Gasteiger partial charge in [0.1, 0.15) is 11.5 Å². The number of hydrogen-bond donors (Lipinski definition) is 4. The fourth-order valence-corrected chi connectivity index (χ4v) is 2.79. The van der Waals surface area contributed by atoms with Gasteiger partial charge in [-0.15, -0.1) is 0 Å². The smallest absolute Gasteiger partial charge is 0.255 e. The van der Waals surface area contributed by atoms with Crippen LogP contribution in [0.15, 0.2) is 60.7 Å². The topological polar surface area (TPSA) is 129 Å². The van der Waals surface area contributed by atoms with Crippen LogP contribution in [-0.4, -0.2) is 26.0 Å². The van der Waals surface area contributed by atoms with Gasteiger partial charge < -0.3 is 31.6 Å². The van der Waals surface area contributed by atoms with E-state index in [1.165, 1.54) is 14.2 Å². The van der Waals surface area contributed by atoms with Crippen molar-refractivity contribution in [3.05, 3.63) is 71.8 Å². The van der Waals surface area contributed by atoms with Crippen LogP contribution in [-0.2, 0) is 0 Å². The molecule has 2 amide bonds. The highest BCUT2D eigenvalue weighted by Gasteiger charge is 2.11. The van der Waals surface area contributed by atoms with Gasteiger partial charge in [-0.2, -0.15) is 0 Å². The van der Waals surface area contributed by atoms with E-state index in [9.17, 15) is 9.59 Å². The molecule has 0 radical (unpaired) electrons. The third kappa shape index (κ3) is 4.61. The van der Waals surface area contributed by atoms with Gasteiger partial charge >= 0.3 is 0 Å². The zero-order valence-electron chi connectivity index (χ0n) is 16.6. The lowest BCUT2D eigenvalue weighted by Gasteiger charge is -2.10. The maximum Gasteiger partial charge on any atom is 0.255 e. The molecule has 0 saturated carbocycles. The molecule has 8 heteroatoms. The van der Waals surface area contributed by atoms with Gasteiger partial charge in [-0.3, -0.25) is 9.59 Å². The van der Waals surface area contributed by atoms with E-state index in [2.05, 4.69) is 10.6 Å². The van der Waals surface area contributed by atoms with Crippen molar-refractivity contribution < 1.29 is 19.1 Å². The lowest BCUT2D eigenvalue weighted by molar-refractivity contribution is 0.101. The van der Waals surface area contributed by atoms with E-state index < -0.39 is 0 Å². The summed E-state index contributed by atoms with van der Waals surface area (Å²) in [6.07, 6.45) is 0. The maximum atomic E-state index is 12.4. The second-order valence-corrected chi connectivity index (χ2v) is 6.40. The van der Waals surface area contributed by atoms with Gasteiger partial charge in [0.25, 0.3) is 11.8 Å². The zero-order valence-corrected chi connectivity index (χ0v) is 16.6. The molecule has 0 unspecified atom stereocenters. The number of rotatable bonds is 6. The Hall–Kier alpha value is -4.20. The van der Waals surface area contributed by atoms with Crippen molar-refractivity contribution in [2.24, 2.45) is 0 Å². The van der Waals surface area contributed by atoms with Crippen LogP contribution in [0.3, 0.4) is 0 Å². The van der Waals surface area contributed by atoms with E-state index in [4.69, 9.17) is 20.9 Å². The molecule has 0 bridgehead atoms. The minimum Gasteiger partial charge on any atom is -0.495 e. The Labute approximate surface area is 173 Å². The summed E-state index contributed by atoms with van der Waals surface area (Å²) in [5, 5.41) is 5.55. The number of benzene rings is 3. The van der Waals surface area contributed by atoms with Gasteiger partial charge in [-0.1, -0.05) is 0 Å². The molecule has 0 aliphatic heterocycles. The number of anilines is 4. The van der Waals surface area contributed by atoms with Crippen molar-refractivity contribution in [3.8, 4) is 11.5 Å². The largest absolute Gasteiger partial charge is 0.495 e. The van der Waals surface area contributed by atoms with Crippen LogP contribution in [0.1, 0.15) is 20.7 Å². The summed E-state index contributed by atoms with van der Waals surface area (Å²) in [5.74, 6) is 0.389. The highest BCUT2D eigenvalue weighted by Crippen LogP contribution is 2.24. The number of nitrogen functional groups attached to an aromatic ring is 2. The second-order valence-electron chi connectivity index (χ2n) is 6.40. The molecule has 0 atom stereocenters. The lowest BCUT2D eigenvalue weighted by atomic mass is 10.1. The summed E-state index contributed by atoms with van der Waals surface area (Å²) in [7, 11) is 3.02. The van der Waals surface area contributed by atoms with Gasteiger partial charge in [0, 0.05) is 22.5 Å². The Morgan fingerprint density at radius 3 is 1.33 bits per heavy atom. The molecule has 6 N–H and O–H groups in total. The Morgan fingerprint density at radius 1 is 0.667 bits per heavy atom. The molecule has 0 aliphatic carbocycles. The molecular weight excluding hydrogens is 384 g/mol. The summed E-state index contributed by atoms with van der Waals surface area (Å²) in [4.78, 5) is 24.8. The fourth-order valence-electron chi connectivity index (χ4n) is 2.79. The molecule has 0 aromatic heterocycles. The van der Waals surface area contributed by atoms with E-state index in [0.29, 0.717) is 45.4 Å². The van der Waals surface area contributed by atoms with E-state index in [0.717, 1.165) is 0 Å². The first-order chi connectivity index (χ1) is 14.4. The first kappa shape index (κ1) is 20.5. The zero-order chi connectivity index (χ0) is 21.7. The standard InChI is InChI=1S/C22H22N4O4/c1-29-19-9-3-13(11-17(19)23)21(27)25-15-5-7-16(8-6-15)26-22(28)14-4-10-20(30-2)18(24)12-14/h3-12H,23-24H2,1-2H3,(H,25,27)(H,26,28). The van der Waals surface area contributed by atoms with E-state index in [-0.39, 0.29) is 11.8 Å².